The fourth-order valence-electron chi connectivity index (χ4n) is 1.64. The van der Waals surface area contributed by atoms with Crippen molar-refractivity contribution in [1.82, 2.24) is 4.98 Å². The zero-order chi connectivity index (χ0) is 15.6. The fourth-order valence-corrected chi connectivity index (χ4v) is 3.15. The van der Waals surface area contributed by atoms with E-state index in [2.05, 4.69) is 20.9 Å². The first kappa shape index (κ1) is 16.2. The number of pyridine rings is 1. The molecule has 0 amide bonds. The second kappa shape index (κ2) is 6.29. The van der Waals surface area contributed by atoms with Gasteiger partial charge in [-0.3, -0.25) is 4.98 Å². The highest BCUT2D eigenvalue weighted by atomic mass is 79.9. The first-order chi connectivity index (χ1) is 9.77. The Bertz CT molecular complexity index is 783. The fraction of sp³-hybridized carbons (Fsp3) is 0.154. The van der Waals surface area contributed by atoms with Crippen molar-refractivity contribution in [2.45, 2.75) is 18.4 Å². The third kappa shape index (κ3) is 4.15. The number of hydrogen-bond acceptors (Lipinski definition) is 4. The lowest BCUT2D eigenvalue weighted by molar-refractivity contribution is 0.297. The van der Waals surface area contributed by atoms with E-state index in [-0.39, 0.29) is 16.8 Å². The molecule has 0 fully saturated rings. The van der Waals surface area contributed by atoms with Crippen LogP contribution in [0, 0.1) is 12.7 Å². The summed E-state index contributed by atoms with van der Waals surface area (Å²) in [5, 5.41) is 0. The minimum atomic E-state index is -4.15. The van der Waals surface area contributed by atoms with Gasteiger partial charge in [0.05, 0.1) is 10.2 Å². The Morgan fingerprint density at radius 1 is 1.38 bits per heavy atom. The SMILES string of the molecule is Cc1cccc(COc2cc(F)c(S(=O)(=O)Cl)cc2Br)n1. The standard InChI is InChI=1S/C13H10BrClFNO3S/c1-8-3-2-4-9(17-8)7-20-12-6-11(16)13(5-10(12)14)21(15,18)19/h2-6H,7H2,1H3. The molecule has 2 aromatic rings. The maximum absolute atomic E-state index is 13.7. The number of hydrogen-bond donors (Lipinski definition) is 0. The highest BCUT2D eigenvalue weighted by Gasteiger charge is 2.19. The molecule has 0 atom stereocenters. The van der Waals surface area contributed by atoms with Crippen LogP contribution in [0.5, 0.6) is 5.75 Å². The molecule has 4 nitrogen and oxygen atoms in total. The predicted octanol–water partition coefficient (Wildman–Crippen LogP) is 3.80. The first-order valence-electron chi connectivity index (χ1n) is 5.76. The minimum Gasteiger partial charge on any atom is -0.486 e. The van der Waals surface area contributed by atoms with Crippen molar-refractivity contribution < 1.29 is 17.5 Å². The summed E-state index contributed by atoms with van der Waals surface area (Å²) in [5.74, 6) is -0.805. The van der Waals surface area contributed by atoms with Gasteiger partial charge in [-0.15, -0.1) is 0 Å². The third-order valence-electron chi connectivity index (χ3n) is 2.57. The number of rotatable bonds is 4. The minimum absolute atomic E-state index is 0.132. The van der Waals surface area contributed by atoms with Crippen molar-refractivity contribution in [2.75, 3.05) is 0 Å². The number of nitrogens with zero attached hydrogens (tertiary/aromatic N) is 1. The van der Waals surface area contributed by atoms with E-state index >= 15 is 0 Å². The van der Waals surface area contributed by atoms with E-state index < -0.39 is 19.8 Å². The lowest BCUT2D eigenvalue weighted by Crippen LogP contribution is -2.02. The summed E-state index contributed by atoms with van der Waals surface area (Å²) in [6.07, 6.45) is 0. The molecule has 112 valence electrons. The van der Waals surface area contributed by atoms with Crippen LogP contribution in [0.3, 0.4) is 0 Å². The number of aromatic nitrogens is 1. The highest BCUT2D eigenvalue weighted by Crippen LogP contribution is 2.32. The summed E-state index contributed by atoms with van der Waals surface area (Å²) >= 11 is 3.13. The molecule has 0 unspecified atom stereocenters. The van der Waals surface area contributed by atoms with Crippen molar-refractivity contribution in [3.8, 4) is 5.75 Å². The van der Waals surface area contributed by atoms with Gasteiger partial charge in [0.25, 0.3) is 9.05 Å². The van der Waals surface area contributed by atoms with Crippen LogP contribution in [0.4, 0.5) is 4.39 Å². The molecule has 1 heterocycles. The Kier molecular flexibility index (Phi) is 4.85. The largest absolute Gasteiger partial charge is 0.486 e. The second-order valence-corrected chi connectivity index (χ2v) is 7.60. The lowest BCUT2D eigenvalue weighted by atomic mass is 10.3. The van der Waals surface area contributed by atoms with E-state index in [1.54, 1.807) is 6.07 Å². The van der Waals surface area contributed by atoms with Crippen molar-refractivity contribution in [1.29, 1.82) is 0 Å². The molecule has 0 saturated carbocycles. The number of ether oxygens (including phenoxy) is 1. The molecule has 2 rings (SSSR count). The van der Waals surface area contributed by atoms with Crippen LogP contribution in [0.2, 0.25) is 0 Å². The summed E-state index contributed by atoms with van der Waals surface area (Å²) in [5.41, 5.74) is 1.52. The van der Waals surface area contributed by atoms with Crippen LogP contribution in [0.15, 0.2) is 39.7 Å². The van der Waals surface area contributed by atoms with Crippen molar-refractivity contribution >= 4 is 35.7 Å². The van der Waals surface area contributed by atoms with Gasteiger partial charge in [-0.2, -0.15) is 0 Å². The molecule has 0 N–H and O–H groups in total. The van der Waals surface area contributed by atoms with Gasteiger partial charge in [0.15, 0.2) is 0 Å². The number of benzene rings is 1. The quantitative estimate of drug-likeness (QED) is 0.740. The van der Waals surface area contributed by atoms with Crippen LogP contribution >= 0.6 is 26.6 Å². The molecule has 0 saturated heterocycles. The molecule has 21 heavy (non-hydrogen) atoms. The summed E-state index contributed by atoms with van der Waals surface area (Å²) in [6, 6.07) is 7.49. The third-order valence-corrected chi connectivity index (χ3v) is 4.53. The molecule has 0 aliphatic heterocycles. The molecule has 0 spiro atoms. The van der Waals surface area contributed by atoms with E-state index in [1.165, 1.54) is 0 Å². The average Bonchev–Trinajstić information content (AvgIpc) is 2.38. The summed E-state index contributed by atoms with van der Waals surface area (Å²) in [4.78, 5) is 3.65. The molecular formula is C13H10BrClFNO3S. The molecule has 1 aromatic carbocycles. The maximum Gasteiger partial charge on any atom is 0.264 e. The van der Waals surface area contributed by atoms with Gasteiger partial charge in [-0.1, -0.05) is 6.07 Å². The molecule has 8 heteroatoms. The lowest BCUT2D eigenvalue weighted by Gasteiger charge is -2.10. The molecule has 0 aliphatic carbocycles. The smallest absolute Gasteiger partial charge is 0.264 e. The zero-order valence-corrected chi connectivity index (χ0v) is 14.0. The second-order valence-electron chi connectivity index (χ2n) is 4.21. The van der Waals surface area contributed by atoms with E-state index in [9.17, 15) is 12.8 Å². The summed E-state index contributed by atoms with van der Waals surface area (Å²) in [6.45, 7) is 1.98. The van der Waals surface area contributed by atoms with Crippen molar-refractivity contribution in [3.05, 3.63) is 52.0 Å². The normalized spacial score (nSPS) is 11.4. The van der Waals surface area contributed by atoms with Gasteiger partial charge >= 0.3 is 0 Å². The monoisotopic (exact) mass is 393 g/mol. The molecule has 0 aliphatic rings. The van der Waals surface area contributed by atoms with Crippen LogP contribution in [0.25, 0.3) is 0 Å². The van der Waals surface area contributed by atoms with E-state index in [0.717, 1.165) is 17.8 Å². The van der Waals surface area contributed by atoms with Gasteiger partial charge in [-0.25, -0.2) is 12.8 Å². The number of halogens is 3. The molecule has 0 bridgehead atoms. The van der Waals surface area contributed by atoms with Crippen LogP contribution in [-0.2, 0) is 15.7 Å². The maximum atomic E-state index is 13.7. The van der Waals surface area contributed by atoms with E-state index in [4.69, 9.17) is 15.4 Å². The first-order valence-corrected chi connectivity index (χ1v) is 8.86. The van der Waals surface area contributed by atoms with Gasteiger partial charge in [0.2, 0.25) is 0 Å². The van der Waals surface area contributed by atoms with E-state index in [1.807, 2.05) is 19.1 Å². The Hall–Kier alpha value is -1.18. The zero-order valence-electron chi connectivity index (χ0n) is 10.8. The summed E-state index contributed by atoms with van der Waals surface area (Å²) in [7, 11) is 0.993. The van der Waals surface area contributed by atoms with Gasteiger partial charge in [0, 0.05) is 22.4 Å². The van der Waals surface area contributed by atoms with Gasteiger partial charge in [0.1, 0.15) is 23.1 Å². The number of aryl methyl sites for hydroxylation is 1. The van der Waals surface area contributed by atoms with Gasteiger partial charge in [-0.05, 0) is 41.1 Å². The highest BCUT2D eigenvalue weighted by molar-refractivity contribution is 9.10. The van der Waals surface area contributed by atoms with Gasteiger partial charge < -0.3 is 4.74 Å². The summed E-state index contributed by atoms with van der Waals surface area (Å²) < 4.78 is 41.8. The van der Waals surface area contributed by atoms with Crippen molar-refractivity contribution in [3.63, 3.8) is 0 Å². The Morgan fingerprint density at radius 2 is 2.10 bits per heavy atom. The van der Waals surface area contributed by atoms with Crippen LogP contribution in [-0.4, -0.2) is 13.4 Å². The van der Waals surface area contributed by atoms with E-state index in [0.29, 0.717) is 5.69 Å². The molecule has 1 aromatic heterocycles. The predicted molar refractivity (Wildman–Crippen MR) is 80.4 cm³/mol. The van der Waals surface area contributed by atoms with Crippen LogP contribution in [0.1, 0.15) is 11.4 Å². The Labute approximate surface area is 134 Å². The molecular weight excluding hydrogens is 385 g/mol. The Morgan fingerprint density at radius 3 is 2.71 bits per heavy atom. The van der Waals surface area contributed by atoms with Crippen molar-refractivity contribution in [2.24, 2.45) is 0 Å². The Balaban J connectivity index is 2.24. The topological polar surface area (TPSA) is 56.3 Å². The van der Waals surface area contributed by atoms with Crippen LogP contribution < -0.4 is 4.74 Å². The average molecular weight is 395 g/mol. The molecule has 0 radical (unpaired) electrons.